The van der Waals surface area contributed by atoms with E-state index >= 15 is 0 Å². The summed E-state index contributed by atoms with van der Waals surface area (Å²) in [6.45, 7) is 1.30. The average molecular weight is 408 g/mol. The van der Waals surface area contributed by atoms with Crippen molar-refractivity contribution in [1.82, 2.24) is 0 Å². The SMILES string of the molecule is CCc1c(N)c(S(=O)(=O)c2ccccc2)cc(S(N)(=O)=O)c1C(F)(F)F. The highest BCUT2D eigenvalue weighted by Gasteiger charge is 2.41. The standard InChI is InChI=1S/C15H15F3N2O4S2/c1-2-10-13(15(16,17)18)11(26(20,23)24)8-12(14(10)19)25(21,22)9-6-4-3-5-7-9/h3-8H,2,19H2,1H3,(H2,20,23,24). The minimum absolute atomic E-state index is 0.242. The molecule has 0 saturated carbocycles. The molecule has 0 heterocycles. The van der Waals surface area contributed by atoms with E-state index in [0.29, 0.717) is 6.07 Å². The maximum atomic E-state index is 13.4. The molecule has 0 aliphatic heterocycles. The molecule has 6 nitrogen and oxygen atoms in total. The van der Waals surface area contributed by atoms with Gasteiger partial charge in [-0.3, -0.25) is 0 Å². The van der Waals surface area contributed by atoms with Crippen LogP contribution in [0.5, 0.6) is 0 Å². The molecule has 0 unspecified atom stereocenters. The van der Waals surface area contributed by atoms with E-state index in [4.69, 9.17) is 10.9 Å². The lowest BCUT2D eigenvalue weighted by atomic mass is 10.0. The summed E-state index contributed by atoms with van der Waals surface area (Å²) in [5, 5.41) is 4.92. The molecule has 0 bridgehead atoms. The van der Waals surface area contributed by atoms with E-state index in [1.807, 2.05) is 0 Å². The maximum Gasteiger partial charge on any atom is 0.418 e. The molecule has 2 aromatic rings. The molecule has 142 valence electrons. The van der Waals surface area contributed by atoms with Crippen LogP contribution in [0.3, 0.4) is 0 Å². The third-order valence-corrected chi connectivity index (χ3v) is 6.43. The van der Waals surface area contributed by atoms with Gasteiger partial charge in [0.05, 0.1) is 25.9 Å². The lowest BCUT2D eigenvalue weighted by Gasteiger charge is -2.20. The summed E-state index contributed by atoms with van der Waals surface area (Å²) in [6, 6.07) is 7.17. The molecular formula is C15H15F3N2O4S2. The monoisotopic (exact) mass is 408 g/mol. The number of hydrogen-bond acceptors (Lipinski definition) is 5. The Morgan fingerprint density at radius 3 is 1.96 bits per heavy atom. The highest BCUT2D eigenvalue weighted by atomic mass is 32.2. The Morgan fingerprint density at radius 1 is 1.00 bits per heavy atom. The Labute approximate surface area is 148 Å². The summed E-state index contributed by atoms with van der Waals surface area (Å²) in [6.07, 6.45) is -5.43. The fourth-order valence-corrected chi connectivity index (χ4v) is 4.89. The first-order valence-electron chi connectivity index (χ1n) is 7.17. The summed E-state index contributed by atoms with van der Waals surface area (Å²) >= 11 is 0. The molecule has 0 saturated heterocycles. The number of primary sulfonamides is 1. The zero-order chi connectivity index (χ0) is 19.9. The van der Waals surface area contributed by atoms with Crippen LogP contribution < -0.4 is 10.9 Å². The molecule has 0 spiro atoms. The second-order valence-electron chi connectivity index (χ2n) is 5.35. The van der Waals surface area contributed by atoms with Gasteiger partial charge in [0.15, 0.2) is 0 Å². The van der Waals surface area contributed by atoms with Crippen LogP contribution in [0.25, 0.3) is 0 Å². The third kappa shape index (κ3) is 3.55. The van der Waals surface area contributed by atoms with Crippen molar-refractivity contribution >= 4 is 25.5 Å². The van der Waals surface area contributed by atoms with Gasteiger partial charge in [-0.15, -0.1) is 0 Å². The Hall–Kier alpha value is -2.11. The minimum Gasteiger partial charge on any atom is -0.397 e. The molecule has 0 aromatic heterocycles. The van der Waals surface area contributed by atoms with Gasteiger partial charge in [0, 0.05) is 0 Å². The quantitative estimate of drug-likeness (QED) is 0.753. The molecule has 0 aliphatic rings. The molecule has 2 aromatic carbocycles. The predicted octanol–water partition coefficient (Wildman–Crippen LogP) is 2.33. The normalized spacial score (nSPS) is 13.0. The first kappa shape index (κ1) is 20.2. The number of alkyl halides is 3. The van der Waals surface area contributed by atoms with E-state index in [2.05, 4.69) is 0 Å². The average Bonchev–Trinajstić information content (AvgIpc) is 2.52. The fourth-order valence-electron chi connectivity index (χ4n) is 2.55. The number of nitrogen functional groups attached to an aromatic ring is 1. The van der Waals surface area contributed by atoms with Crippen LogP contribution in [-0.2, 0) is 32.5 Å². The Balaban J connectivity index is 3.00. The summed E-state index contributed by atoms with van der Waals surface area (Å²) in [7, 11) is -9.23. The summed E-state index contributed by atoms with van der Waals surface area (Å²) in [5.41, 5.74) is 2.87. The third-order valence-electron chi connectivity index (χ3n) is 3.69. The van der Waals surface area contributed by atoms with Gasteiger partial charge in [-0.2, -0.15) is 13.2 Å². The van der Waals surface area contributed by atoms with Gasteiger partial charge in [0.1, 0.15) is 0 Å². The van der Waals surface area contributed by atoms with Gasteiger partial charge < -0.3 is 5.73 Å². The largest absolute Gasteiger partial charge is 0.418 e. The van der Waals surface area contributed by atoms with Crippen molar-refractivity contribution in [1.29, 1.82) is 0 Å². The van der Waals surface area contributed by atoms with Crippen LogP contribution in [0, 0.1) is 0 Å². The number of rotatable bonds is 4. The topological polar surface area (TPSA) is 120 Å². The molecule has 0 amide bonds. The second kappa shape index (κ2) is 6.56. The molecule has 4 N–H and O–H groups in total. The predicted molar refractivity (Wildman–Crippen MR) is 88.5 cm³/mol. The van der Waals surface area contributed by atoms with Crippen molar-refractivity contribution in [3.05, 3.63) is 47.5 Å². The number of sulfonamides is 1. The van der Waals surface area contributed by atoms with Crippen LogP contribution in [0.4, 0.5) is 18.9 Å². The van der Waals surface area contributed by atoms with Gasteiger partial charge in [0.2, 0.25) is 19.9 Å². The van der Waals surface area contributed by atoms with Crippen molar-refractivity contribution in [2.45, 2.75) is 34.2 Å². The van der Waals surface area contributed by atoms with Gasteiger partial charge in [0.25, 0.3) is 0 Å². The fraction of sp³-hybridized carbons (Fsp3) is 0.200. The lowest BCUT2D eigenvalue weighted by molar-refractivity contribution is -0.140. The summed E-state index contributed by atoms with van der Waals surface area (Å²) < 4.78 is 89.3. The molecule has 11 heteroatoms. The van der Waals surface area contributed by atoms with E-state index < -0.39 is 52.6 Å². The Kier molecular flexibility index (Phi) is 5.10. The molecule has 2 rings (SSSR count). The zero-order valence-electron chi connectivity index (χ0n) is 13.4. The van der Waals surface area contributed by atoms with E-state index in [9.17, 15) is 30.0 Å². The van der Waals surface area contributed by atoms with Crippen molar-refractivity contribution in [2.24, 2.45) is 5.14 Å². The second-order valence-corrected chi connectivity index (χ2v) is 8.80. The number of halogens is 3. The van der Waals surface area contributed by atoms with Crippen LogP contribution in [0.2, 0.25) is 0 Å². The first-order chi connectivity index (χ1) is 11.8. The smallest absolute Gasteiger partial charge is 0.397 e. The molecule has 0 aliphatic carbocycles. The molecule has 26 heavy (non-hydrogen) atoms. The number of anilines is 1. The highest BCUT2D eigenvalue weighted by Crippen LogP contribution is 2.42. The summed E-state index contributed by atoms with van der Waals surface area (Å²) in [4.78, 5) is -2.31. The Morgan fingerprint density at radius 2 is 1.54 bits per heavy atom. The maximum absolute atomic E-state index is 13.4. The van der Waals surface area contributed by atoms with Crippen molar-refractivity contribution < 1.29 is 30.0 Å². The van der Waals surface area contributed by atoms with Crippen LogP contribution >= 0.6 is 0 Å². The van der Waals surface area contributed by atoms with Gasteiger partial charge in [-0.25, -0.2) is 22.0 Å². The van der Waals surface area contributed by atoms with Gasteiger partial charge >= 0.3 is 6.18 Å². The lowest BCUT2D eigenvalue weighted by Crippen LogP contribution is -2.23. The van der Waals surface area contributed by atoms with Crippen LogP contribution in [0.1, 0.15) is 18.1 Å². The van der Waals surface area contributed by atoms with Crippen molar-refractivity contribution in [3.63, 3.8) is 0 Å². The van der Waals surface area contributed by atoms with Crippen LogP contribution in [0.15, 0.2) is 51.1 Å². The van der Waals surface area contributed by atoms with Crippen molar-refractivity contribution in [3.8, 4) is 0 Å². The Bertz CT molecular complexity index is 1050. The van der Waals surface area contributed by atoms with E-state index in [1.165, 1.54) is 31.2 Å². The van der Waals surface area contributed by atoms with Gasteiger partial charge in [-0.1, -0.05) is 25.1 Å². The van der Waals surface area contributed by atoms with Crippen LogP contribution in [-0.4, -0.2) is 16.8 Å². The minimum atomic E-state index is -5.09. The molecule has 0 radical (unpaired) electrons. The number of sulfone groups is 1. The number of benzene rings is 2. The molecular weight excluding hydrogens is 393 g/mol. The first-order valence-corrected chi connectivity index (χ1v) is 10.2. The van der Waals surface area contributed by atoms with Crippen molar-refractivity contribution in [2.75, 3.05) is 5.73 Å². The van der Waals surface area contributed by atoms with E-state index in [1.54, 1.807) is 6.07 Å². The van der Waals surface area contributed by atoms with Gasteiger partial charge in [-0.05, 0) is 30.2 Å². The highest BCUT2D eigenvalue weighted by molar-refractivity contribution is 7.92. The summed E-state index contributed by atoms with van der Waals surface area (Å²) in [5.74, 6) is 0. The van der Waals surface area contributed by atoms with E-state index in [0.717, 1.165) is 0 Å². The number of hydrogen-bond donors (Lipinski definition) is 2. The molecule has 0 fully saturated rings. The zero-order valence-corrected chi connectivity index (χ0v) is 15.0. The molecule has 0 atom stereocenters. The van der Waals surface area contributed by atoms with E-state index in [-0.39, 0.29) is 11.3 Å². The number of nitrogens with two attached hydrogens (primary N) is 2.